The first kappa shape index (κ1) is 24.2. The summed E-state index contributed by atoms with van der Waals surface area (Å²) < 4.78 is 24.4. The summed E-state index contributed by atoms with van der Waals surface area (Å²) in [6, 6.07) is 1.67. The lowest BCUT2D eigenvalue weighted by atomic mass is 9.68. The number of amides is 1. The van der Waals surface area contributed by atoms with Gasteiger partial charge in [0.1, 0.15) is 23.4 Å². The van der Waals surface area contributed by atoms with E-state index in [9.17, 15) is 4.79 Å². The van der Waals surface area contributed by atoms with Gasteiger partial charge in [0.2, 0.25) is 0 Å². The number of allylic oxidation sites excluding steroid dienone is 1. The second-order valence-electron chi connectivity index (χ2n) is 12.6. The predicted molar refractivity (Wildman–Crippen MR) is 132 cm³/mol. The first-order chi connectivity index (χ1) is 16.8. The number of fused-ring (bicyclic) bond motifs is 2. The highest BCUT2D eigenvalue weighted by Gasteiger charge is 2.72. The maximum Gasteiger partial charge on any atom is 0.410 e. The van der Waals surface area contributed by atoms with Gasteiger partial charge in [-0.2, -0.15) is 0 Å². The van der Waals surface area contributed by atoms with Crippen molar-refractivity contribution < 1.29 is 23.7 Å². The summed E-state index contributed by atoms with van der Waals surface area (Å²) in [7, 11) is 1.74. The van der Waals surface area contributed by atoms with Crippen LogP contribution >= 0.6 is 0 Å². The lowest BCUT2D eigenvalue weighted by molar-refractivity contribution is -0.124. The number of epoxide rings is 2. The molecule has 6 aliphatic rings. The molecule has 6 rings (SSSR count). The van der Waals surface area contributed by atoms with E-state index in [-0.39, 0.29) is 41.5 Å². The highest BCUT2D eigenvalue weighted by atomic mass is 16.6. The molecule has 0 N–H and O–H groups in total. The molecule has 6 atom stereocenters. The zero-order chi connectivity index (χ0) is 24.4. The van der Waals surface area contributed by atoms with E-state index in [1.54, 1.807) is 7.11 Å². The third kappa shape index (κ3) is 4.34. The summed E-state index contributed by atoms with van der Waals surface area (Å²) in [5, 5.41) is 0. The van der Waals surface area contributed by atoms with Gasteiger partial charge in [0.15, 0.2) is 0 Å². The number of hydrogen-bond acceptors (Lipinski definition) is 6. The van der Waals surface area contributed by atoms with Crippen molar-refractivity contribution in [1.29, 1.82) is 0 Å². The molecule has 1 aliphatic carbocycles. The van der Waals surface area contributed by atoms with E-state index in [2.05, 4.69) is 31.7 Å². The largest absolute Gasteiger partial charge is 0.443 e. The van der Waals surface area contributed by atoms with Crippen LogP contribution in [0, 0.1) is 11.8 Å². The van der Waals surface area contributed by atoms with Gasteiger partial charge in [0, 0.05) is 32.3 Å². The Balaban J connectivity index is 1.02. The van der Waals surface area contributed by atoms with Gasteiger partial charge in [0.05, 0.1) is 18.6 Å². The molecule has 1 spiro atoms. The minimum Gasteiger partial charge on any atom is -0.443 e. The Hall–Kier alpha value is -1.15. The number of nitrogens with zero attached hydrogens (tertiary/aromatic N) is 2. The Morgan fingerprint density at radius 3 is 2.40 bits per heavy atom. The van der Waals surface area contributed by atoms with E-state index in [4.69, 9.17) is 18.9 Å². The molecule has 0 aromatic rings. The van der Waals surface area contributed by atoms with E-state index in [0.717, 1.165) is 51.0 Å². The monoisotopic (exact) mass is 488 g/mol. The van der Waals surface area contributed by atoms with Gasteiger partial charge in [-0.15, -0.1) is 0 Å². The molecule has 6 fully saturated rings. The van der Waals surface area contributed by atoms with Gasteiger partial charge in [-0.3, -0.25) is 4.90 Å². The molecule has 4 unspecified atom stereocenters. The summed E-state index contributed by atoms with van der Waals surface area (Å²) in [4.78, 5) is 17.7. The molecule has 7 heteroatoms. The number of methoxy groups -OCH3 is 1. The number of ether oxygens (including phenoxy) is 4. The molecule has 1 amide bonds. The number of carbonyl (C=O) groups is 1. The first-order valence-electron chi connectivity index (χ1n) is 14.0. The van der Waals surface area contributed by atoms with Gasteiger partial charge in [-0.1, -0.05) is 11.6 Å². The standard InChI is InChI=1S/C28H44N2O5/c1-18(2)5-10-23-27(3,35-23)25-24(32-4)22(11-13-28(25)17-33-28)34-26(31)29-15-19(16-29)12-14-30-20-6-7-21(30)9-8-20/h5,19-25H,6-17H2,1-4H3/t20?,21?,22?,23-,24?,25?,27+,28?/m1/s1. The Morgan fingerprint density at radius 2 is 1.80 bits per heavy atom. The van der Waals surface area contributed by atoms with Crippen molar-refractivity contribution in [2.24, 2.45) is 11.8 Å². The number of hydrogen-bond donors (Lipinski definition) is 0. The molecule has 2 bridgehead atoms. The topological polar surface area (TPSA) is 67.1 Å². The highest BCUT2D eigenvalue weighted by molar-refractivity contribution is 5.69. The van der Waals surface area contributed by atoms with Crippen molar-refractivity contribution in [2.45, 2.75) is 114 Å². The number of carbonyl (C=O) groups excluding carboxylic acids is 1. The molecule has 5 heterocycles. The van der Waals surface area contributed by atoms with Crippen molar-refractivity contribution in [2.75, 3.05) is 33.4 Å². The molecular formula is C28H44N2O5. The maximum absolute atomic E-state index is 13.0. The average Bonchev–Trinajstić information content (AvgIpc) is 3.64. The van der Waals surface area contributed by atoms with Gasteiger partial charge < -0.3 is 23.8 Å². The van der Waals surface area contributed by atoms with Crippen molar-refractivity contribution in [3.8, 4) is 0 Å². The first-order valence-corrected chi connectivity index (χ1v) is 14.0. The average molecular weight is 489 g/mol. The summed E-state index contributed by atoms with van der Waals surface area (Å²) >= 11 is 0. The second kappa shape index (κ2) is 9.00. The lowest BCUT2D eigenvalue weighted by Gasteiger charge is -2.44. The molecule has 35 heavy (non-hydrogen) atoms. The molecule has 5 saturated heterocycles. The fourth-order valence-electron chi connectivity index (χ4n) is 7.89. The number of rotatable bonds is 8. The van der Waals surface area contributed by atoms with Gasteiger partial charge in [0.25, 0.3) is 0 Å². The van der Waals surface area contributed by atoms with Crippen LogP contribution in [0.1, 0.15) is 72.1 Å². The summed E-state index contributed by atoms with van der Waals surface area (Å²) in [6.07, 6.45) is 11.1. The van der Waals surface area contributed by atoms with Crippen LogP contribution in [0.2, 0.25) is 0 Å². The molecule has 7 nitrogen and oxygen atoms in total. The third-order valence-electron chi connectivity index (χ3n) is 10.1. The van der Waals surface area contributed by atoms with Gasteiger partial charge in [-0.05, 0) is 84.6 Å². The van der Waals surface area contributed by atoms with Crippen LogP contribution in [0.4, 0.5) is 4.79 Å². The Labute approximate surface area is 210 Å². The van der Waals surface area contributed by atoms with E-state index in [0.29, 0.717) is 5.92 Å². The van der Waals surface area contributed by atoms with Crippen LogP contribution in [-0.2, 0) is 18.9 Å². The van der Waals surface area contributed by atoms with Crippen LogP contribution in [0.3, 0.4) is 0 Å². The van der Waals surface area contributed by atoms with Crippen LogP contribution < -0.4 is 0 Å². The SMILES string of the molecule is COC1C(OC(=O)N2CC(CCN3C4CCC3CC4)C2)CCC2(CO2)C1[C@@]1(C)O[C@@H]1CC=C(C)C. The van der Waals surface area contributed by atoms with Crippen LogP contribution in [0.25, 0.3) is 0 Å². The summed E-state index contributed by atoms with van der Waals surface area (Å²) in [5.41, 5.74) is 0.819. The zero-order valence-corrected chi connectivity index (χ0v) is 22.0. The summed E-state index contributed by atoms with van der Waals surface area (Å²) in [5.74, 6) is 0.680. The van der Waals surface area contributed by atoms with Gasteiger partial charge >= 0.3 is 6.09 Å². The highest BCUT2D eigenvalue weighted by Crippen LogP contribution is 2.59. The van der Waals surface area contributed by atoms with Crippen molar-refractivity contribution in [3.05, 3.63) is 11.6 Å². The lowest BCUT2D eigenvalue weighted by Crippen LogP contribution is -2.57. The molecule has 0 aromatic carbocycles. The zero-order valence-electron chi connectivity index (χ0n) is 22.0. The van der Waals surface area contributed by atoms with Crippen LogP contribution in [0.15, 0.2) is 11.6 Å². The Kier molecular flexibility index (Phi) is 6.22. The molecule has 1 saturated carbocycles. The third-order valence-corrected chi connectivity index (χ3v) is 10.1. The fraction of sp³-hybridized carbons (Fsp3) is 0.893. The van der Waals surface area contributed by atoms with Crippen molar-refractivity contribution >= 4 is 6.09 Å². The minimum absolute atomic E-state index is 0.0714. The summed E-state index contributed by atoms with van der Waals surface area (Å²) in [6.45, 7) is 10.0. The molecular weight excluding hydrogens is 444 g/mol. The van der Waals surface area contributed by atoms with Crippen molar-refractivity contribution in [1.82, 2.24) is 9.80 Å². The Bertz CT molecular complexity index is 828. The quantitative estimate of drug-likeness (QED) is 0.378. The van der Waals surface area contributed by atoms with Crippen LogP contribution in [-0.4, -0.2) is 90.8 Å². The minimum atomic E-state index is -0.301. The number of likely N-dealkylation sites (tertiary alicyclic amines) is 1. The normalized spacial score (nSPS) is 44.4. The second-order valence-corrected chi connectivity index (χ2v) is 12.6. The smallest absolute Gasteiger partial charge is 0.410 e. The Morgan fingerprint density at radius 1 is 1.11 bits per heavy atom. The molecule has 5 aliphatic heterocycles. The van der Waals surface area contributed by atoms with E-state index in [1.807, 2.05) is 4.90 Å². The molecule has 196 valence electrons. The van der Waals surface area contributed by atoms with E-state index in [1.165, 1.54) is 44.2 Å². The van der Waals surface area contributed by atoms with E-state index >= 15 is 0 Å². The van der Waals surface area contributed by atoms with Crippen LogP contribution in [0.5, 0.6) is 0 Å². The van der Waals surface area contributed by atoms with Crippen molar-refractivity contribution in [3.63, 3.8) is 0 Å². The molecule has 0 aromatic heterocycles. The van der Waals surface area contributed by atoms with E-state index < -0.39 is 0 Å². The van der Waals surface area contributed by atoms with Gasteiger partial charge in [-0.25, -0.2) is 4.79 Å². The fourth-order valence-corrected chi connectivity index (χ4v) is 7.89. The maximum atomic E-state index is 13.0. The predicted octanol–water partition coefficient (Wildman–Crippen LogP) is 4.15. The molecule has 0 radical (unpaired) electrons.